The average Bonchev–Trinajstić information content (AvgIpc) is 3.02. The molecule has 122 valence electrons. The molecule has 2 aliphatic rings. The summed E-state index contributed by atoms with van der Waals surface area (Å²) in [7, 11) is 3.47. The quantitative estimate of drug-likeness (QED) is 0.382. The number of aliphatic hydroxyl groups excluding tert-OH is 4. The lowest BCUT2D eigenvalue weighted by molar-refractivity contribution is -0.0261. The Morgan fingerprint density at radius 1 is 1.18 bits per heavy atom. The van der Waals surface area contributed by atoms with Gasteiger partial charge in [-0.25, -0.2) is 9.67 Å². The third-order valence-corrected chi connectivity index (χ3v) is 3.62. The summed E-state index contributed by atoms with van der Waals surface area (Å²) in [5, 5.41) is 46.8. The molecule has 1 aromatic rings. The van der Waals surface area contributed by atoms with E-state index in [1.807, 2.05) is 0 Å². The van der Waals surface area contributed by atoms with Gasteiger partial charge in [0, 0.05) is 14.1 Å². The Morgan fingerprint density at radius 3 is 2.45 bits per heavy atom. The molecule has 0 saturated carbocycles. The number of aliphatic hydroxyl groups is 4. The number of nitrogens with one attached hydrogen (secondary N) is 1. The second kappa shape index (κ2) is 5.44. The molecule has 0 bridgehead atoms. The fourth-order valence-corrected chi connectivity index (χ4v) is 2.41. The van der Waals surface area contributed by atoms with Crippen molar-refractivity contribution in [1.29, 1.82) is 0 Å². The van der Waals surface area contributed by atoms with E-state index in [4.69, 9.17) is 9.84 Å². The van der Waals surface area contributed by atoms with Crippen molar-refractivity contribution in [1.82, 2.24) is 19.8 Å². The average molecular weight is 314 g/mol. The Hall–Kier alpha value is -1.79. The highest BCUT2D eigenvalue weighted by Crippen LogP contribution is 2.33. The standard InChI is InChI=1S/C11H18N6O5/c1-16(2)11-12-10(21)9-14-13-8(17(9)15-11)7-6(20)5(19)4(3-18)22-7/h4-7,10,18-21H,3H2,1-2H3,(H,12,15)/t4-,5-,6-,7-,10?/m1/s1. The van der Waals surface area contributed by atoms with E-state index in [-0.39, 0.29) is 11.6 Å². The smallest absolute Gasteiger partial charge is 0.216 e. The predicted molar refractivity (Wildman–Crippen MR) is 72.2 cm³/mol. The summed E-state index contributed by atoms with van der Waals surface area (Å²) < 4.78 is 6.78. The van der Waals surface area contributed by atoms with Gasteiger partial charge in [0.2, 0.25) is 18.0 Å². The number of hydrogen-bond donors (Lipinski definition) is 5. The number of rotatable bonds is 2. The van der Waals surface area contributed by atoms with E-state index >= 15 is 0 Å². The molecule has 0 radical (unpaired) electrons. The van der Waals surface area contributed by atoms with Gasteiger partial charge < -0.3 is 30.1 Å². The van der Waals surface area contributed by atoms with E-state index in [0.29, 0.717) is 5.96 Å². The summed E-state index contributed by atoms with van der Waals surface area (Å²) in [6.45, 7) is -0.434. The molecule has 11 heteroatoms. The maximum Gasteiger partial charge on any atom is 0.216 e. The highest BCUT2D eigenvalue weighted by molar-refractivity contribution is 5.87. The Labute approximate surface area is 125 Å². The predicted octanol–water partition coefficient (Wildman–Crippen LogP) is -3.10. The minimum Gasteiger partial charge on any atom is -0.394 e. The Kier molecular flexibility index (Phi) is 3.74. The van der Waals surface area contributed by atoms with Gasteiger partial charge in [-0.3, -0.25) is 5.43 Å². The van der Waals surface area contributed by atoms with Crippen LogP contribution < -0.4 is 5.43 Å². The fraction of sp³-hybridized carbons (Fsp3) is 0.727. The molecular weight excluding hydrogens is 296 g/mol. The van der Waals surface area contributed by atoms with Crippen LogP contribution in [-0.4, -0.2) is 85.2 Å². The Morgan fingerprint density at radius 2 is 1.86 bits per heavy atom. The van der Waals surface area contributed by atoms with Crippen LogP contribution in [0.2, 0.25) is 0 Å². The van der Waals surface area contributed by atoms with Gasteiger partial charge in [0.15, 0.2) is 5.82 Å². The first-order chi connectivity index (χ1) is 10.4. The number of aliphatic imine (C=N–C) groups is 1. The molecule has 0 aromatic carbocycles. The fourth-order valence-electron chi connectivity index (χ4n) is 2.41. The number of fused-ring (bicyclic) bond motifs is 1. The van der Waals surface area contributed by atoms with Crippen molar-refractivity contribution >= 4 is 5.96 Å². The van der Waals surface area contributed by atoms with E-state index in [0.717, 1.165) is 0 Å². The van der Waals surface area contributed by atoms with Crippen LogP contribution in [0, 0.1) is 0 Å². The molecule has 22 heavy (non-hydrogen) atoms. The first-order valence-corrected chi connectivity index (χ1v) is 6.72. The SMILES string of the molecule is CN(C)C1=NC(O)c2nnc([C@@H]3O[C@H](CO)[C@@H](O)[C@H]3O)n2N1. The second-order valence-electron chi connectivity index (χ2n) is 5.34. The van der Waals surface area contributed by atoms with Crippen LogP contribution in [0.5, 0.6) is 0 Å². The van der Waals surface area contributed by atoms with Crippen LogP contribution in [0.25, 0.3) is 0 Å². The largest absolute Gasteiger partial charge is 0.394 e. The molecule has 1 aromatic heterocycles. The van der Waals surface area contributed by atoms with Crippen molar-refractivity contribution in [2.75, 3.05) is 26.1 Å². The van der Waals surface area contributed by atoms with Crippen molar-refractivity contribution in [3.63, 3.8) is 0 Å². The first kappa shape index (κ1) is 15.1. The lowest BCUT2D eigenvalue weighted by Gasteiger charge is -2.26. The van der Waals surface area contributed by atoms with Crippen LogP contribution in [0.1, 0.15) is 24.0 Å². The van der Waals surface area contributed by atoms with Gasteiger partial charge in [-0.15, -0.1) is 10.2 Å². The Bertz CT molecular complexity index is 590. The third kappa shape index (κ3) is 2.23. The number of guanidine groups is 1. The van der Waals surface area contributed by atoms with E-state index in [9.17, 15) is 15.3 Å². The molecular formula is C11H18N6O5. The van der Waals surface area contributed by atoms with Gasteiger partial charge in [0.05, 0.1) is 6.61 Å². The summed E-state index contributed by atoms with van der Waals surface area (Å²) in [4.78, 5) is 5.65. The third-order valence-electron chi connectivity index (χ3n) is 3.62. The molecule has 1 saturated heterocycles. The van der Waals surface area contributed by atoms with E-state index in [1.54, 1.807) is 19.0 Å². The van der Waals surface area contributed by atoms with Crippen LogP contribution >= 0.6 is 0 Å². The summed E-state index contributed by atoms with van der Waals surface area (Å²) in [6, 6.07) is 0. The summed E-state index contributed by atoms with van der Waals surface area (Å²) >= 11 is 0. The first-order valence-electron chi connectivity index (χ1n) is 6.72. The molecule has 1 fully saturated rings. The Balaban J connectivity index is 1.93. The molecule has 11 nitrogen and oxygen atoms in total. The minimum atomic E-state index is -1.27. The van der Waals surface area contributed by atoms with Gasteiger partial charge >= 0.3 is 0 Å². The van der Waals surface area contributed by atoms with Gasteiger partial charge in [-0.05, 0) is 0 Å². The van der Waals surface area contributed by atoms with Crippen LogP contribution in [0.15, 0.2) is 4.99 Å². The zero-order chi connectivity index (χ0) is 16.0. The number of ether oxygens (including phenoxy) is 1. The van der Waals surface area contributed by atoms with Gasteiger partial charge in [-0.1, -0.05) is 0 Å². The van der Waals surface area contributed by atoms with Crippen molar-refractivity contribution in [2.45, 2.75) is 30.6 Å². The molecule has 5 atom stereocenters. The van der Waals surface area contributed by atoms with Crippen molar-refractivity contribution in [3.05, 3.63) is 11.6 Å². The lowest BCUT2D eigenvalue weighted by atomic mass is 10.1. The number of nitrogens with zero attached hydrogens (tertiary/aromatic N) is 5. The monoisotopic (exact) mass is 314 g/mol. The highest BCUT2D eigenvalue weighted by Gasteiger charge is 2.46. The van der Waals surface area contributed by atoms with Crippen molar-refractivity contribution < 1.29 is 25.2 Å². The van der Waals surface area contributed by atoms with Gasteiger partial charge in [0.25, 0.3) is 0 Å². The number of aromatic nitrogens is 3. The van der Waals surface area contributed by atoms with E-state index in [1.165, 1.54) is 4.68 Å². The van der Waals surface area contributed by atoms with Gasteiger partial charge in [0.1, 0.15) is 24.4 Å². The highest BCUT2D eigenvalue weighted by atomic mass is 16.6. The molecule has 3 rings (SSSR count). The second-order valence-corrected chi connectivity index (χ2v) is 5.34. The maximum absolute atomic E-state index is 10.1. The molecule has 1 unspecified atom stereocenters. The van der Waals surface area contributed by atoms with Crippen LogP contribution in [0.4, 0.5) is 0 Å². The van der Waals surface area contributed by atoms with Crippen LogP contribution in [0.3, 0.4) is 0 Å². The van der Waals surface area contributed by atoms with Crippen LogP contribution in [-0.2, 0) is 4.74 Å². The lowest BCUT2D eigenvalue weighted by Crippen LogP contribution is -2.41. The molecule has 3 heterocycles. The molecule has 0 aliphatic carbocycles. The van der Waals surface area contributed by atoms with Crippen molar-refractivity contribution in [3.8, 4) is 0 Å². The zero-order valence-corrected chi connectivity index (χ0v) is 12.0. The normalized spacial score (nSPS) is 34.1. The molecule has 0 spiro atoms. The molecule has 0 amide bonds. The maximum atomic E-state index is 10.1. The topological polar surface area (TPSA) is 148 Å². The minimum absolute atomic E-state index is 0.137. The van der Waals surface area contributed by atoms with Gasteiger partial charge in [-0.2, -0.15) is 0 Å². The van der Waals surface area contributed by atoms with E-state index < -0.39 is 37.3 Å². The molecule has 5 N–H and O–H groups in total. The summed E-state index contributed by atoms with van der Waals surface area (Å²) in [6.07, 6.45) is -5.63. The van der Waals surface area contributed by atoms with E-state index in [2.05, 4.69) is 20.6 Å². The number of hydrogen-bond acceptors (Lipinski definition) is 10. The summed E-state index contributed by atoms with van der Waals surface area (Å²) in [5.74, 6) is 0.678. The summed E-state index contributed by atoms with van der Waals surface area (Å²) in [5.41, 5.74) is 2.89. The van der Waals surface area contributed by atoms with Crippen molar-refractivity contribution in [2.24, 2.45) is 4.99 Å². The molecule has 2 aliphatic heterocycles. The zero-order valence-electron chi connectivity index (χ0n) is 12.0.